The standard InChI is InChI=1S/C33H42BNO7/c1-27(2)26-22(36)16-23-32(39-26,40-27)12-11-30(7)31(8)17(14-24(37)33(23,30)38)13-20-19-15-18(9-10-21(19)35-25(20)31)34-41-28(3,4)29(5,6)42-34/h9-10,15-17,24,26,35,37-38H,11-14H2,1-8H3/t17-,24+,26+,30-,31-,32+,33+/m1/s1. The van der Waals surface area contributed by atoms with Gasteiger partial charge in [0, 0.05) is 39.4 Å². The summed E-state index contributed by atoms with van der Waals surface area (Å²) in [7, 11) is -0.460. The Balaban J connectivity index is 1.25. The number of rotatable bonds is 1. The van der Waals surface area contributed by atoms with Crippen molar-refractivity contribution in [1.29, 1.82) is 0 Å². The summed E-state index contributed by atoms with van der Waals surface area (Å²) in [5.41, 5.74) is 0.0258. The number of benzene rings is 1. The molecule has 2 saturated heterocycles. The van der Waals surface area contributed by atoms with E-state index in [4.69, 9.17) is 18.8 Å². The summed E-state index contributed by atoms with van der Waals surface area (Å²) < 4.78 is 25.5. The van der Waals surface area contributed by atoms with Crippen molar-refractivity contribution >= 4 is 29.3 Å². The summed E-state index contributed by atoms with van der Waals surface area (Å²) >= 11 is 0. The first-order valence-corrected chi connectivity index (χ1v) is 15.5. The van der Waals surface area contributed by atoms with Crippen molar-refractivity contribution in [3.63, 3.8) is 0 Å². The Hall–Kier alpha value is -2.01. The number of aliphatic hydroxyl groups excluding tert-OH is 1. The van der Waals surface area contributed by atoms with Crippen molar-refractivity contribution < 1.29 is 33.8 Å². The Morgan fingerprint density at radius 2 is 1.69 bits per heavy atom. The molecule has 3 aliphatic heterocycles. The SMILES string of the molecule is CC1(C)O[C@@]23CC[C@]4(C)[C@@]5(C)c6[nH]c7ccc(B8OC(C)(C)C(C)(C)O8)cc7c6C[C@@H]5C[C@H](O)[C@@]4(O)C2=CC(=O)[C@@H]1O3. The number of ketones is 1. The highest BCUT2D eigenvalue weighted by Crippen LogP contribution is 2.71. The topological polar surface area (TPSA) is 110 Å². The van der Waals surface area contributed by atoms with Gasteiger partial charge in [0.05, 0.1) is 17.3 Å². The average Bonchev–Trinajstić information content (AvgIpc) is 3.54. The lowest BCUT2D eigenvalue weighted by Gasteiger charge is -2.66. The molecule has 224 valence electrons. The average molecular weight is 576 g/mol. The van der Waals surface area contributed by atoms with E-state index in [-0.39, 0.29) is 11.7 Å². The Kier molecular flexibility index (Phi) is 4.99. The molecule has 8 nitrogen and oxygen atoms in total. The molecule has 2 bridgehead atoms. The smallest absolute Gasteiger partial charge is 0.399 e. The molecule has 42 heavy (non-hydrogen) atoms. The molecule has 1 aromatic heterocycles. The van der Waals surface area contributed by atoms with E-state index in [9.17, 15) is 15.0 Å². The van der Waals surface area contributed by atoms with Crippen LogP contribution in [0.5, 0.6) is 0 Å². The molecule has 4 fully saturated rings. The van der Waals surface area contributed by atoms with Crippen molar-refractivity contribution in [2.75, 3.05) is 0 Å². The minimum absolute atomic E-state index is 0.104. The van der Waals surface area contributed by atoms with Crippen molar-refractivity contribution in [3.8, 4) is 0 Å². The largest absolute Gasteiger partial charge is 0.494 e. The third-order valence-corrected chi connectivity index (χ3v) is 12.9. The molecule has 2 aromatic rings. The van der Waals surface area contributed by atoms with Gasteiger partial charge in [-0.05, 0) is 89.9 Å². The van der Waals surface area contributed by atoms with Gasteiger partial charge in [-0.15, -0.1) is 0 Å². The highest BCUT2D eigenvalue weighted by molar-refractivity contribution is 6.62. The molecule has 1 spiro atoms. The molecule has 0 unspecified atom stereocenters. The molecule has 1 aromatic carbocycles. The number of aromatic nitrogens is 1. The maximum atomic E-state index is 13.3. The molecular weight excluding hydrogens is 533 g/mol. The summed E-state index contributed by atoms with van der Waals surface area (Å²) in [4.78, 5) is 17.0. The Labute approximate surface area is 247 Å². The third-order valence-electron chi connectivity index (χ3n) is 12.9. The van der Waals surface area contributed by atoms with E-state index in [1.54, 1.807) is 0 Å². The summed E-state index contributed by atoms with van der Waals surface area (Å²) in [5.74, 6) is -1.32. The lowest BCUT2D eigenvalue weighted by molar-refractivity contribution is -0.274. The first-order valence-electron chi connectivity index (χ1n) is 15.5. The van der Waals surface area contributed by atoms with Crippen LogP contribution in [0, 0.1) is 11.3 Å². The number of H-pyrrole nitrogens is 1. The number of aliphatic hydroxyl groups is 2. The number of hydrogen-bond acceptors (Lipinski definition) is 7. The second-order valence-electron chi connectivity index (χ2n) is 15.7. The monoisotopic (exact) mass is 575 g/mol. The van der Waals surface area contributed by atoms with Crippen LogP contribution in [0.2, 0.25) is 0 Å². The highest BCUT2D eigenvalue weighted by Gasteiger charge is 2.77. The fourth-order valence-electron chi connectivity index (χ4n) is 9.62. The molecule has 0 amide bonds. The molecule has 3 N–H and O–H groups in total. The molecule has 0 radical (unpaired) electrons. The second kappa shape index (κ2) is 7.61. The highest BCUT2D eigenvalue weighted by atomic mass is 16.8. The zero-order chi connectivity index (χ0) is 30.0. The van der Waals surface area contributed by atoms with Crippen molar-refractivity contribution in [2.24, 2.45) is 11.3 Å². The maximum absolute atomic E-state index is 13.3. The predicted octanol–water partition coefficient (Wildman–Crippen LogP) is 3.59. The van der Waals surface area contributed by atoms with Crippen LogP contribution in [-0.2, 0) is 35.4 Å². The van der Waals surface area contributed by atoms with Crippen molar-refractivity contribution in [3.05, 3.63) is 41.1 Å². The summed E-state index contributed by atoms with van der Waals surface area (Å²) in [6, 6.07) is 6.34. The van der Waals surface area contributed by atoms with Crippen LogP contribution in [0.4, 0.5) is 0 Å². The molecule has 8 rings (SSSR count). The van der Waals surface area contributed by atoms with Gasteiger partial charge in [0.2, 0.25) is 0 Å². The normalized spacial score (nSPS) is 44.0. The van der Waals surface area contributed by atoms with Gasteiger partial charge < -0.3 is 34.0 Å². The van der Waals surface area contributed by atoms with Gasteiger partial charge in [0.15, 0.2) is 17.7 Å². The molecule has 9 heteroatoms. The van der Waals surface area contributed by atoms with Crippen molar-refractivity contribution in [2.45, 2.75) is 127 Å². The van der Waals surface area contributed by atoms with Gasteiger partial charge in [-0.2, -0.15) is 0 Å². The summed E-state index contributed by atoms with van der Waals surface area (Å²) in [6.45, 7) is 16.3. The zero-order valence-electron chi connectivity index (χ0n) is 25.9. The predicted molar refractivity (Wildman–Crippen MR) is 157 cm³/mol. The Morgan fingerprint density at radius 1 is 1.00 bits per heavy atom. The van der Waals surface area contributed by atoms with Gasteiger partial charge in [-0.25, -0.2) is 0 Å². The molecular formula is C33H42BNO7. The van der Waals surface area contributed by atoms with Crippen LogP contribution in [0.15, 0.2) is 29.8 Å². The Bertz CT molecular complexity index is 1590. The van der Waals surface area contributed by atoms with E-state index in [1.165, 1.54) is 11.6 Å². The molecule has 4 heterocycles. The van der Waals surface area contributed by atoms with Crippen LogP contribution < -0.4 is 5.46 Å². The van der Waals surface area contributed by atoms with Gasteiger partial charge in [0.1, 0.15) is 11.2 Å². The minimum atomic E-state index is -1.70. The van der Waals surface area contributed by atoms with Crippen LogP contribution in [0.25, 0.3) is 10.9 Å². The zero-order valence-corrected chi connectivity index (χ0v) is 25.9. The third kappa shape index (κ3) is 2.90. The molecule has 7 atom stereocenters. The number of carbonyl (C=O) groups excluding carboxylic acids is 1. The maximum Gasteiger partial charge on any atom is 0.494 e. The lowest BCUT2D eigenvalue weighted by atomic mass is 9.41. The minimum Gasteiger partial charge on any atom is -0.399 e. The van der Waals surface area contributed by atoms with E-state index in [1.807, 2.05) is 13.8 Å². The van der Waals surface area contributed by atoms with Gasteiger partial charge in [-0.3, -0.25) is 4.79 Å². The van der Waals surface area contributed by atoms with E-state index < -0.39 is 58.3 Å². The molecule has 2 saturated carbocycles. The van der Waals surface area contributed by atoms with Gasteiger partial charge in [-0.1, -0.05) is 26.0 Å². The number of hydrogen-bond donors (Lipinski definition) is 3. The van der Waals surface area contributed by atoms with E-state index in [0.717, 1.165) is 28.5 Å². The number of carbonyl (C=O) groups is 1. The number of aromatic amines is 1. The van der Waals surface area contributed by atoms with Crippen LogP contribution >= 0.6 is 0 Å². The first-order chi connectivity index (χ1) is 19.4. The quantitative estimate of drug-likeness (QED) is 0.446. The van der Waals surface area contributed by atoms with E-state index in [2.05, 4.69) is 64.7 Å². The van der Waals surface area contributed by atoms with Crippen LogP contribution in [0.3, 0.4) is 0 Å². The Morgan fingerprint density at radius 3 is 2.38 bits per heavy atom. The number of fused-ring (bicyclic) bond motifs is 9. The number of ether oxygens (including phenoxy) is 2. The summed E-state index contributed by atoms with van der Waals surface area (Å²) in [5, 5.41) is 25.8. The van der Waals surface area contributed by atoms with Gasteiger partial charge in [0.25, 0.3) is 0 Å². The van der Waals surface area contributed by atoms with Crippen molar-refractivity contribution in [1.82, 2.24) is 4.98 Å². The second-order valence-corrected chi connectivity index (χ2v) is 15.7. The molecule has 3 aliphatic carbocycles. The fraction of sp³-hybridized carbons (Fsp3) is 0.667. The first kappa shape index (κ1) is 27.5. The van der Waals surface area contributed by atoms with E-state index >= 15 is 0 Å². The number of nitrogens with one attached hydrogen (secondary N) is 1. The van der Waals surface area contributed by atoms with Gasteiger partial charge >= 0.3 is 7.12 Å². The van der Waals surface area contributed by atoms with Crippen LogP contribution in [0.1, 0.15) is 85.9 Å². The fourth-order valence-corrected chi connectivity index (χ4v) is 9.62. The molecule has 6 aliphatic rings. The van der Waals surface area contributed by atoms with E-state index in [0.29, 0.717) is 24.8 Å². The summed E-state index contributed by atoms with van der Waals surface area (Å²) in [6.07, 6.45) is 2.00. The lowest BCUT2D eigenvalue weighted by Crippen LogP contribution is -2.74. The van der Waals surface area contributed by atoms with Crippen LogP contribution in [-0.4, -0.2) is 68.5 Å².